The lowest BCUT2D eigenvalue weighted by atomic mass is 10.0. The largest absolute Gasteiger partial charge is 0.391 e. The average Bonchev–Trinajstić information content (AvgIpc) is 2.56. The first-order valence-electron chi connectivity index (χ1n) is 7.11. The summed E-state index contributed by atoms with van der Waals surface area (Å²) in [5.41, 5.74) is 4.79. The van der Waals surface area contributed by atoms with E-state index in [2.05, 4.69) is 5.32 Å². The van der Waals surface area contributed by atoms with Gasteiger partial charge in [0.15, 0.2) is 0 Å². The van der Waals surface area contributed by atoms with E-state index < -0.39 is 18.1 Å². The molecule has 2 aromatic rings. The third kappa shape index (κ3) is 5.17. The number of carbonyl (C=O) groups is 1. The van der Waals surface area contributed by atoms with Gasteiger partial charge in [-0.05, 0) is 23.6 Å². The normalized spacial score (nSPS) is 12.8. The van der Waals surface area contributed by atoms with Crippen molar-refractivity contribution < 1.29 is 15.1 Å². The van der Waals surface area contributed by atoms with Gasteiger partial charge in [0.05, 0.1) is 6.10 Å². The molecule has 1 amide bonds. The SMILES string of the molecule is C.C[C@H](O)[C@@H](NCc1ccc(-c2ccccc2)cc1)C(=O)NO. The minimum atomic E-state index is -0.907. The molecule has 2 rings (SSSR count). The maximum absolute atomic E-state index is 11.4. The van der Waals surface area contributed by atoms with E-state index >= 15 is 0 Å². The van der Waals surface area contributed by atoms with Crippen LogP contribution in [0.25, 0.3) is 11.1 Å². The summed E-state index contributed by atoms with van der Waals surface area (Å²) >= 11 is 0. The van der Waals surface area contributed by atoms with E-state index in [0.717, 1.165) is 16.7 Å². The Morgan fingerprint density at radius 1 is 1.04 bits per heavy atom. The summed E-state index contributed by atoms with van der Waals surface area (Å²) in [6.07, 6.45) is -0.907. The van der Waals surface area contributed by atoms with Crippen molar-refractivity contribution >= 4 is 5.91 Å². The summed E-state index contributed by atoms with van der Waals surface area (Å²) in [7, 11) is 0. The van der Waals surface area contributed by atoms with Crippen LogP contribution in [0.3, 0.4) is 0 Å². The Balaban J connectivity index is 0.00000264. The molecule has 0 aliphatic carbocycles. The molecule has 5 nitrogen and oxygen atoms in total. The Kier molecular flexibility index (Phi) is 7.41. The van der Waals surface area contributed by atoms with Gasteiger partial charge in [-0.2, -0.15) is 0 Å². The zero-order valence-corrected chi connectivity index (χ0v) is 12.4. The molecule has 0 aromatic heterocycles. The van der Waals surface area contributed by atoms with Crippen molar-refractivity contribution in [3.05, 3.63) is 60.2 Å². The zero-order chi connectivity index (χ0) is 15.9. The fourth-order valence-corrected chi connectivity index (χ4v) is 2.23. The molecule has 0 aliphatic heterocycles. The number of hydrogen-bond donors (Lipinski definition) is 4. The molecule has 0 radical (unpaired) electrons. The van der Waals surface area contributed by atoms with Crippen LogP contribution in [0.5, 0.6) is 0 Å². The molecular weight excluding hydrogens is 292 g/mol. The third-order valence-corrected chi connectivity index (χ3v) is 3.46. The highest BCUT2D eigenvalue weighted by Crippen LogP contribution is 2.19. The molecule has 2 aromatic carbocycles. The molecule has 0 spiro atoms. The lowest BCUT2D eigenvalue weighted by Crippen LogP contribution is -2.49. The van der Waals surface area contributed by atoms with Crippen molar-refractivity contribution in [1.82, 2.24) is 10.8 Å². The summed E-state index contributed by atoms with van der Waals surface area (Å²) in [4.78, 5) is 11.4. The maximum Gasteiger partial charge on any atom is 0.263 e. The number of benzene rings is 2. The number of amides is 1. The van der Waals surface area contributed by atoms with Gasteiger partial charge in [0.1, 0.15) is 6.04 Å². The molecule has 0 saturated heterocycles. The van der Waals surface area contributed by atoms with E-state index in [1.165, 1.54) is 6.92 Å². The average molecular weight is 316 g/mol. The minimum Gasteiger partial charge on any atom is -0.391 e. The van der Waals surface area contributed by atoms with E-state index in [1.807, 2.05) is 54.6 Å². The standard InChI is InChI=1S/C17H20N2O3.CH4/c1-12(20)16(17(21)19-22)18-11-13-7-9-15(10-8-13)14-5-3-2-4-6-14;/h2-10,12,16,18,20,22H,11H2,1H3,(H,19,21);1H4/t12-,16+;/m0./s1. The van der Waals surface area contributed by atoms with Gasteiger partial charge < -0.3 is 5.11 Å². The molecule has 124 valence electrons. The summed E-state index contributed by atoms with van der Waals surface area (Å²) in [5, 5.41) is 21.1. The van der Waals surface area contributed by atoms with Gasteiger partial charge in [0.2, 0.25) is 0 Å². The van der Waals surface area contributed by atoms with Crippen molar-refractivity contribution in [2.75, 3.05) is 0 Å². The third-order valence-electron chi connectivity index (χ3n) is 3.46. The molecule has 0 bridgehead atoms. The van der Waals surface area contributed by atoms with Crippen LogP contribution in [-0.4, -0.2) is 28.4 Å². The summed E-state index contributed by atoms with van der Waals surface area (Å²) in [5.74, 6) is -0.657. The van der Waals surface area contributed by atoms with Crippen molar-refractivity contribution in [3.63, 3.8) is 0 Å². The second kappa shape index (κ2) is 9.05. The fourth-order valence-electron chi connectivity index (χ4n) is 2.23. The number of carbonyl (C=O) groups excluding carboxylic acids is 1. The van der Waals surface area contributed by atoms with Crippen LogP contribution >= 0.6 is 0 Å². The van der Waals surface area contributed by atoms with Crippen molar-refractivity contribution in [1.29, 1.82) is 0 Å². The maximum atomic E-state index is 11.4. The quantitative estimate of drug-likeness (QED) is 0.487. The van der Waals surface area contributed by atoms with Gasteiger partial charge in [-0.3, -0.25) is 15.3 Å². The van der Waals surface area contributed by atoms with Gasteiger partial charge in [-0.25, -0.2) is 5.48 Å². The highest BCUT2D eigenvalue weighted by Gasteiger charge is 2.22. The Bertz CT molecular complexity index is 597. The van der Waals surface area contributed by atoms with Crippen molar-refractivity contribution in [3.8, 4) is 11.1 Å². The Hall–Kier alpha value is -2.21. The number of hydrogen-bond acceptors (Lipinski definition) is 4. The lowest BCUT2D eigenvalue weighted by molar-refractivity contribution is -0.134. The monoisotopic (exact) mass is 316 g/mol. The topological polar surface area (TPSA) is 81.6 Å². The number of aliphatic hydroxyl groups is 1. The van der Waals surface area contributed by atoms with Gasteiger partial charge in [0, 0.05) is 6.54 Å². The van der Waals surface area contributed by atoms with Crippen LogP contribution in [0.2, 0.25) is 0 Å². The molecule has 0 fully saturated rings. The van der Waals surface area contributed by atoms with E-state index in [4.69, 9.17) is 5.21 Å². The van der Waals surface area contributed by atoms with Crippen LogP contribution in [0.4, 0.5) is 0 Å². The molecular formula is C18H24N2O3. The summed E-state index contributed by atoms with van der Waals surface area (Å²) in [6, 6.07) is 17.1. The molecule has 0 aliphatic rings. The molecule has 0 saturated carbocycles. The first kappa shape index (κ1) is 18.8. The van der Waals surface area contributed by atoms with Crippen LogP contribution in [0.15, 0.2) is 54.6 Å². The summed E-state index contributed by atoms with van der Waals surface area (Å²) in [6.45, 7) is 1.91. The highest BCUT2D eigenvalue weighted by atomic mass is 16.5. The number of hydroxylamine groups is 1. The van der Waals surface area contributed by atoms with Crippen LogP contribution in [-0.2, 0) is 11.3 Å². The zero-order valence-electron chi connectivity index (χ0n) is 12.4. The van der Waals surface area contributed by atoms with Gasteiger partial charge in [-0.1, -0.05) is 62.0 Å². The Morgan fingerprint density at radius 2 is 1.61 bits per heavy atom. The van der Waals surface area contributed by atoms with Crippen molar-refractivity contribution in [2.24, 2.45) is 0 Å². The van der Waals surface area contributed by atoms with Crippen LogP contribution < -0.4 is 10.8 Å². The molecule has 2 atom stereocenters. The molecule has 0 unspecified atom stereocenters. The van der Waals surface area contributed by atoms with Crippen LogP contribution in [0.1, 0.15) is 19.9 Å². The second-order valence-electron chi connectivity index (χ2n) is 5.14. The number of aliphatic hydroxyl groups excluding tert-OH is 1. The molecule has 4 N–H and O–H groups in total. The molecule has 5 heteroatoms. The second-order valence-corrected chi connectivity index (χ2v) is 5.14. The lowest BCUT2D eigenvalue weighted by Gasteiger charge is -2.19. The van der Waals surface area contributed by atoms with E-state index in [9.17, 15) is 9.90 Å². The Morgan fingerprint density at radius 3 is 2.13 bits per heavy atom. The predicted octanol–water partition coefficient (Wildman–Crippen LogP) is 2.33. The minimum absolute atomic E-state index is 0. The van der Waals surface area contributed by atoms with E-state index in [1.54, 1.807) is 5.48 Å². The predicted molar refractivity (Wildman–Crippen MR) is 90.8 cm³/mol. The number of nitrogens with one attached hydrogen (secondary N) is 2. The molecule has 23 heavy (non-hydrogen) atoms. The van der Waals surface area contributed by atoms with Crippen LogP contribution in [0, 0.1) is 0 Å². The fraction of sp³-hybridized carbons (Fsp3) is 0.278. The first-order chi connectivity index (χ1) is 10.6. The van der Waals surface area contributed by atoms with Gasteiger partial charge in [0.25, 0.3) is 5.91 Å². The van der Waals surface area contributed by atoms with E-state index in [-0.39, 0.29) is 7.43 Å². The highest BCUT2D eigenvalue weighted by molar-refractivity contribution is 5.81. The van der Waals surface area contributed by atoms with Crippen molar-refractivity contribution in [2.45, 2.75) is 33.0 Å². The molecule has 0 heterocycles. The smallest absolute Gasteiger partial charge is 0.263 e. The summed E-state index contributed by atoms with van der Waals surface area (Å²) < 4.78 is 0. The number of rotatable bonds is 6. The van der Waals surface area contributed by atoms with E-state index in [0.29, 0.717) is 6.54 Å². The Labute approximate surface area is 136 Å². The van der Waals surface area contributed by atoms with Gasteiger partial charge >= 0.3 is 0 Å². The first-order valence-corrected chi connectivity index (χ1v) is 7.11. The van der Waals surface area contributed by atoms with Gasteiger partial charge in [-0.15, -0.1) is 0 Å².